The van der Waals surface area contributed by atoms with Gasteiger partial charge in [-0.3, -0.25) is 4.79 Å². The summed E-state index contributed by atoms with van der Waals surface area (Å²) in [7, 11) is 0. The van der Waals surface area contributed by atoms with Crippen molar-refractivity contribution in [3.63, 3.8) is 0 Å². The molecule has 1 amide bonds. The number of nitrogens with one attached hydrogen (secondary N) is 1. The van der Waals surface area contributed by atoms with Gasteiger partial charge in [0.05, 0.1) is 18.1 Å². The molecule has 1 saturated heterocycles. The number of fused-ring (bicyclic) bond motifs is 1. The van der Waals surface area contributed by atoms with Crippen LogP contribution in [-0.2, 0) is 11.3 Å². The van der Waals surface area contributed by atoms with Gasteiger partial charge >= 0.3 is 0 Å². The number of aromatic nitrogens is 4. The zero-order chi connectivity index (χ0) is 17.1. The van der Waals surface area contributed by atoms with Crippen molar-refractivity contribution in [1.29, 1.82) is 0 Å². The van der Waals surface area contributed by atoms with Gasteiger partial charge < -0.3 is 10.2 Å². The van der Waals surface area contributed by atoms with E-state index in [9.17, 15) is 4.79 Å². The molecule has 2 aromatic heterocycles. The topological polar surface area (TPSA) is 75.9 Å². The fraction of sp³-hybridized carbons (Fsp3) is 0.667. The lowest BCUT2D eigenvalue weighted by Gasteiger charge is -2.27. The summed E-state index contributed by atoms with van der Waals surface area (Å²) < 4.78 is 1.87. The van der Waals surface area contributed by atoms with Crippen LogP contribution in [0.5, 0.6) is 0 Å². The highest BCUT2D eigenvalue weighted by Crippen LogP contribution is 2.26. The molecule has 2 aromatic rings. The van der Waals surface area contributed by atoms with Gasteiger partial charge in [-0.1, -0.05) is 12.8 Å². The Kier molecular flexibility index (Phi) is 4.81. The Morgan fingerprint density at radius 2 is 1.92 bits per heavy atom. The maximum absolute atomic E-state index is 12.1. The van der Waals surface area contributed by atoms with Gasteiger partial charge in [0.2, 0.25) is 5.91 Å². The van der Waals surface area contributed by atoms with Crippen molar-refractivity contribution in [2.75, 3.05) is 24.5 Å². The van der Waals surface area contributed by atoms with E-state index in [0.717, 1.165) is 42.8 Å². The molecule has 25 heavy (non-hydrogen) atoms. The van der Waals surface area contributed by atoms with Crippen LogP contribution < -0.4 is 10.2 Å². The number of hydrogen-bond acceptors (Lipinski definition) is 5. The molecule has 0 bridgehead atoms. The zero-order valence-electron chi connectivity index (χ0n) is 14.7. The molecule has 134 valence electrons. The molecule has 1 N–H and O–H groups in total. The van der Waals surface area contributed by atoms with E-state index in [-0.39, 0.29) is 11.8 Å². The summed E-state index contributed by atoms with van der Waals surface area (Å²) in [5, 5.41) is 8.54. The van der Waals surface area contributed by atoms with Gasteiger partial charge in [-0.15, -0.1) is 0 Å². The molecular formula is C18H26N6O. The minimum absolute atomic E-state index is 0.192. The van der Waals surface area contributed by atoms with Crippen LogP contribution in [0.4, 0.5) is 5.82 Å². The fourth-order valence-corrected chi connectivity index (χ4v) is 4.02. The molecule has 3 heterocycles. The van der Waals surface area contributed by atoms with Gasteiger partial charge in [-0.2, -0.15) is 5.10 Å². The fourth-order valence-electron chi connectivity index (χ4n) is 4.02. The molecule has 7 heteroatoms. The van der Waals surface area contributed by atoms with E-state index in [1.165, 1.54) is 32.1 Å². The number of piperidine rings is 1. The summed E-state index contributed by atoms with van der Waals surface area (Å²) in [6.07, 6.45) is 11.6. The van der Waals surface area contributed by atoms with Crippen LogP contribution in [0.25, 0.3) is 11.0 Å². The van der Waals surface area contributed by atoms with E-state index in [2.05, 4.69) is 25.3 Å². The van der Waals surface area contributed by atoms with Gasteiger partial charge in [-0.25, -0.2) is 14.6 Å². The predicted molar refractivity (Wildman–Crippen MR) is 96.4 cm³/mol. The Morgan fingerprint density at radius 3 is 2.72 bits per heavy atom. The Balaban J connectivity index is 1.43. The zero-order valence-corrected chi connectivity index (χ0v) is 14.7. The minimum atomic E-state index is 0.192. The molecule has 0 spiro atoms. The van der Waals surface area contributed by atoms with Gasteiger partial charge in [0.25, 0.3) is 0 Å². The summed E-state index contributed by atoms with van der Waals surface area (Å²) in [5.74, 6) is 1.39. The van der Waals surface area contributed by atoms with Crippen LogP contribution in [0.1, 0.15) is 44.9 Å². The quantitative estimate of drug-likeness (QED) is 0.901. The van der Waals surface area contributed by atoms with E-state index in [0.29, 0.717) is 13.1 Å². The predicted octanol–water partition coefficient (Wildman–Crippen LogP) is 2.12. The molecule has 1 saturated carbocycles. The number of rotatable bonds is 5. The summed E-state index contributed by atoms with van der Waals surface area (Å²) in [5.41, 5.74) is 0.852. The van der Waals surface area contributed by atoms with Crippen molar-refractivity contribution < 1.29 is 4.79 Å². The van der Waals surface area contributed by atoms with Crippen molar-refractivity contribution in [3.8, 4) is 0 Å². The Labute approximate surface area is 147 Å². The SMILES string of the molecule is O=C(NCCn1ncc2c(N3CCCCC3)ncnc21)C1CCCC1. The number of amides is 1. The first kappa shape index (κ1) is 16.3. The van der Waals surface area contributed by atoms with Crippen LogP contribution in [0.2, 0.25) is 0 Å². The normalized spacial score (nSPS) is 18.8. The minimum Gasteiger partial charge on any atom is -0.356 e. The van der Waals surface area contributed by atoms with Gasteiger partial charge in [0, 0.05) is 25.6 Å². The summed E-state index contributed by atoms with van der Waals surface area (Å²) in [4.78, 5) is 23.4. The van der Waals surface area contributed by atoms with E-state index in [1.54, 1.807) is 6.33 Å². The molecule has 0 unspecified atom stereocenters. The molecule has 1 aliphatic carbocycles. The molecule has 7 nitrogen and oxygen atoms in total. The molecule has 0 radical (unpaired) electrons. The van der Waals surface area contributed by atoms with Gasteiger partial charge in [0.1, 0.15) is 12.1 Å². The number of carbonyl (C=O) groups is 1. The second-order valence-electron chi connectivity index (χ2n) is 7.12. The van der Waals surface area contributed by atoms with Crippen molar-refractivity contribution in [1.82, 2.24) is 25.1 Å². The number of hydrogen-bond donors (Lipinski definition) is 1. The monoisotopic (exact) mass is 342 g/mol. The van der Waals surface area contributed by atoms with Gasteiger partial charge in [0.15, 0.2) is 5.65 Å². The van der Waals surface area contributed by atoms with Crippen molar-refractivity contribution in [3.05, 3.63) is 12.5 Å². The lowest BCUT2D eigenvalue weighted by Crippen LogP contribution is -2.32. The van der Waals surface area contributed by atoms with Gasteiger partial charge in [-0.05, 0) is 32.1 Å². The number of carbonyl (C=O) groups excluding carboxylic acids is 1. The van der Waals surface area contributed by atoms with Crippen LogP contribution in [-0.4, -0.2) is 45.3 Å². The molecule has 2 aliphatic rings. The van der Waals surface area contributed by atoms with Crippen LogP contribution >= 0.6 is 0 Å². The van der Waals surface area contributed by atoms with Crippen LogP contribution in [0.3, 0.4) is 0 Å². The first-order valence-electron chi connectivity index (χ1n) is 9.52. The lowest BCUT2D eigenvalue weighted by molar-refractivity contribution is -0.124. The highest BCUT2D eigenvalue weighted by atomic mass is 16.1. The molecule has 4 rings (SSSR count). The van der Waals surface area contributed by atoms with E-state index in [1.807, 2.05) is 10.9 Å². The molecule has 2 fully saturated rings. The highest BCUT2D eigenvalue weighted by molar-refractivity contribution is 5.86. The van der Waals surface area contributed by atoms with Crippen molar-refractivity contribution in [2.24, 2.45) is 5.92 Å². The molecule has 1 aliphatic heterocycles. The summed E-state index contributed by atoms with van der Waals surface area (Å²) >= 11 is 0. The van der Waals surface area contributed by atoms with Crippen molar-refractivity contribution in [2.45, 2.75) is 51.5 Å². The average Bonchev–Trinajstić information content (AvgIpc) is 3.32. The molecular weight excluding hydrogens is 316 g/mol. The third-order valence-electron chi connectivity index (χ3n) is 5.42. The third kappa shape index (κ3) is 3.45. The smallest absolute Gasteiger partial charge is 0.223 e. The Bertz CT molecular complexity index is 730. The Hall–Kier alpha value is -2.18. The number of nitrogens with zero attached hydrogens (tertiary/aromatic N) is 5. The maximum atomic E-state index is 12.1. The van der Waals surface area contributed by atoms with Crippen LogP contribution in [0.15, 0.2) is 12.5 Å². The Morgan fingerprint density at radius 1 is 1.12 bits per heavy atom. The molecule has 0 atom stereocenters. The second kappa shape index (κ2) is 7.37. The summed E-state index contributed by atoms with van der Waals surface area (Å²) in [6, 6.07) is 0. The highest BCUT2D eigenvalue weighted by Gasteiger charge is 2.22. The van der Waals surface area contributed by atoms with Crippen LogP contribution in [0, 0.1) is 5.92 Å². The number of anilines is 1. The first-order chi connectivity index (χ1) is 12.3. The first-order valence-corrected chi connectivity index (χ1v) is 9.52. The largest absolute Gasteiger partial charge is 0.356 e. The van der Waals surface area contributed by atoms with E-state index < -0.39 is 0 Å². The van der Waals surface area contributed by atoms with E-state index >= 15 is 0 Å². The second-order valence-corrected chi connectivity index (χ2v) is 7.12. The van der Waals surface area contributed by atoms with E-state index in [4.69, 9.17) is 0 Å². The average molecular weight is 342 g/mol. The third-order valence-corrected chi connectivity index (χ3v) is 5.42. The standard InChI is InChI=1S/C18H26N6O/c25-18(14-6-2-3-7-14)19-8-11-24-17-15(12-22-24)16(20-13-21-17)23-9-4-1-5-10-23/h12-14H,1-11H2,(H,19,25). The summed E-state index contributed by atoms with van der Waals surface area (Å²) in [6.45, 7) is 3.33. The van der Waals surface area contributed by atoms with Crippen molar-refractivity contribution >= 4 is 22.8 Å². The molecule has 0 aromatic carbocycles. The lowest BCUT2D eigenvalue weighted by atomic mass is 10.1. The maximum Gasteiger partial charge on any atom is 0.223 e.